The van der Waals surface area contributed by atoms with Gasteiger partial charge in [0.25, 0.3) is 5.91 Å². The summed E-state index contributed by atoms with van der Waals surface area (Å²) in [6.45, 7) is 1.05. The molecule has 0 spiro atoms. The van der Waals surface area contributed by atoms with Gasteiger partial charge in [-0.05, 0) is 30.4 Å². The van der Waals surface area contributed by atoms with Crippen LogP contribution in [-0.4, -0.2) is 48.0 Å². The molecule has 1 aromatic heterocycles. The summed E-state index contributed by atoms with van der Waals surface area (Å²) in [7, 11) is 1.75. The van der Waals surface area contributed by atoms with Gasteiger partial charge in [0.05, 0.1) is 6.20 Å². The highest BCUT2D eigenvalue weighted by Crippen LogP contribution is 2.20. The van der Waals surface area contributed by atoms with Crippen LogP contribution in [0.4, 0.5) is 0 Å². The number of benzene rings is 1. The van der Waals surface area contributed by atoms with Crippen molar-refractivity contribution < 1.29 is 4.79 Å². The molecular formula is C19H24N6O. The van der Waals surface area contributed by atoms with Crippen LogP contribution in [0, 0.1) is 0 Å². The van der Waals surface area contributed by atoms with E-state index in [0.717, 1.165) is 25.2 Å². The van der Waals surface area contributed by atoms with Crippen molar-refractivity contribution in [3.63, 3.8) is 0 Å². The van der Waals surface area contributed by atoms with Gasteiger partial charge in [-0.25, -0.2) is 4.98 Å². The molecular weight excluding hydrogens is 328 g/mol. The van der Waals surface area contributed by atoms with Gasteiger partial charge in [-0.3, -0.25) is 14.8 Å². The maximum Gasteiger partial charge on any atom is 0.271 e. The second kappa shape index (κ2) is 8.94. The van der Waals surface area contributed by atoms with Gasteiger partial charge in [0.1, 0.15) is 5.69 Å². The van der Waals surface area contributed by atoms with Crippen LogP contribution in [0.2, 0.25) is 0 Å². The number of hydrogen-bond acceptors (Lipinski definition) is 4. The van der Waals surface area contributed by atoms with Gasteiger partial charge in [-0.2, -0.15) is 0 Å². The summed E-state index contributed by atoms with van der Waals surface area (Å²) >= 11 is 0. The number of carbonyl (C=O) groups is 1. The quantitative estimate of drug-likeness (QED) is 0.423. The molecule has 3 N–H and O–H groups in total. The van der Waals surface area contributed by atoms with Crippen LogP contribution in [0.1, 0.15) is 28.0 Å². The monoisotopic (exact) mass is 352 g/mol. The summed E-state index contributed by atoms with van der Waals surface area (Å²) in [5.41, 5.74) is 3.17. The van der Waals surface area contributed by atoms with Crippen LogP contribution in [0.3, 0.4) is 0 Å². The molecule has 26 heavy (non-hydrogen) atoms. The fraction of sp³-hybridized carbons (Fsp3) is 0.368. The fourth-order valence-electron chi connectivity index (χ4n) is 3.07. The van der Waals surface area contributed by atoms with Gasteiger partial charge in [0, 0.05) is 38.6 Å². The van der Waals surface area contributed by atoms with E-state index in [1.807, 2.05) is 0 Å². The van der Waals surface area contributed by atoms with E-state index >= 15 is 0 Å². The predicted molar refractivity (Wildman–Crippen MR) is 101 cm³/mol. The number of carbonyl (C=O) groups excluding carboxylic acids is 1. The molecule has 1 amide bonds. The number of guanidine groups is 1. The molecule has 1 aliphatic rings. The van der Waals surface area contributed by atoms with Crippen molar-refractivity contribution in [1.82, 2.24) is 25.9 Å². The molecule has 0 saturated heterocycles. The second-order valence-electron chi connectivity index (χ2n) is 6.20. The Morgan fingerprint density at radius 2 is 2.00 bits per heavy atom. The molecule has 0 fully saturated rings. The number of nitrogens with zero attached hydrogens (tertiary/aromatic N) is 3. The van der Waals surface area contributed by atoms with Crippen LogP contribution < -0.4 is 16.0 Å². The first-order chi connectivity index (χ1) is 12.8. The number of aryl methyl sites for hydroxylation is 1. The maximum atomic E-state index is 11.9. The van der Waals surface area contributed by atoms with Crippen molar-refractivity contribution in [3.05, 3.63) is 59.7 Å². The van der Waals surface area contributed by atoms with Crippen LogP contribution in [0.5, 0.6) is 0 Å². The highest BCUT2D eigenvalue weighted by atomic mass is 16.1. The predicted octanol–water partition coefficient (Wildman–Crippen LogP) is 0.929. The Labute approximate surface area is 153 Å². The number of fused-ring (bicyclic) bond motifs is 1. The van der Waals surface area contributed by atoms with E-state index in [-0.39, 0.29) is 5.91 Å². The highest BCUT2D eigenvalue weighted by Gasteiger charge is 2.18. The molecule has 3 rings (SSSR count). The lowest BCUT2D eigenvalue weighted by atomic mass is 9.88. The van der Waals surface area contributed by atoms with E-state index in [0.29, 0.717) is 24.8 Å². The van der Waals surface area contributed by atoms with Crippen molar-refractivity contribution in [3.8, 4) is 0 Å². The molecule has 0 saturated carbocycles. The van der Waals surface area contributed by atoms with Gasteiger partial charge in [0.2, 0.25) is 0 Å². The molecule has 1 aliphatic carbocycles. The van der Waals surface area contributed by atoms with E-state index in [1.165, 1.54) is 29.7 Å². The van der Waals surface area contributed by atoms with Crippen molar-refractivity contribution in [2.24, 2.45) is 4.99 Å². The second-order valence-corrected chi connectivity index (χ2v) is 6.20. The summed E-state index contributed by atoms with van der Waals surface area (Å²) < 4.78 is 0. The third kappa shape index (κ3) is 4.78. The van der Waals surface area contributed by atoms with Crippen LogP contribution >= 0.6 is 0 Å². The van der Waals surface area contributed by atoms with Crippen LogP contribution in [0.15, 0.2) is 47.8 Å². The minimum atomic E-state index is -0.230. The Hall–Kier alpha value is -2.96. The minimum absolute atomic E-state index is 0.230. The average Bonchev–Trinajstić information content (AvgIpc) is 2.70. The molecule has 2 aromatic rings. The van der Waals surface area contributed by atoms with Crippen molar-refractivity contribution in [1.29, 1.82) is 0 Å². The molecule has 7 nitrogen and oxygen atoms in total. The lowest BCUT2D eigenvalue weighted by molar-refractivity contribution is 0.0949. The van der Waals surface area contributed by atoms with Crippen molar-refractivity contribution in [2.45, 2.75) is 25.3 Å². The third-order valence-electron chi connectivity index (χ3n) is 4.41. The van der Waals surface area contributed by atoms with E-state index < -0.39 is 0 Å². The molecule has 0 radical (unpaired) electrons. The van der Waals surface area contributed by atoms with E-state index in [1.54, 1.807) is 7.05 Å². The summed E-state index contributed by atoms with van der Waals surface area (Å²) in [6, 6.07) is 8.96. The summed E-state index contributed by atoms with van der Waals surface area (Å²) in [6.07, 6.45) is 7.66. The molecule has 1 aromatic carbocycles. The minimum Gasteiger partial charge on any atom is -0.355 e. The molecule has 1 unspecified atom stereocenters. The highest BCUT2D eigenvalue weighted by molar-refractivity contribution is 5.91. The molecule has 136 valence electrons. The smallest absolute Gasteiger partial charge is 0.271 e. The standard InChI is InChI=1S/C19H24N6O/c1-20-19(24-11-10-23-18(26)17-13-21-8-9-22-17)25-16-7-6-14-4-2-3-5-15(14)12-16/h2-5,8-9,13,16H,6-7,10-12H2,1H3,(H,23,26)(H2,20,24,25). The Balaban J connectivity index is 1.41. The van der Waals surface area contributed by atoms with E-state index in [9.17, 15) is 4.79 Å². The Kier molecular flexibility index (Phi) is 6.14. The number of amides is 1. The van der Waals surface area contributed by atoms with Gasteiger partial charge < -0.3 is 16.0 Å². The molecule has 0 aliphatic heterocycles. The van der Waals surface area contributed by atoms with Gasteiger partial charge in [0.15, 0.2) is 5.96 Å². The van der Waals surface area contributed by atoms with Crippen LogP contribution in [0.25, 0.3) is 0 Å². The zero-order chi connectivity index (χ0) is 18.2. The molecule has 0 bridgehead atoms. The fourth-order valence-corrected chi connectivity index (χ4v) is 3.07. The topological polar surface area (TPSA) is 91.3 Å². The Morgan fingerprint density at radius 1 is 1.19 bits per heavy atom. The van der Waals surface area contributed by atoms with Gasteiger partial charge in [-0.1, -0.05) is 24.3 Å². The van der Waals surface area contributed by atoms with Crippen LogP contribution in [-0.2, 0) is 12.8 Å². The third-order valence-corrected chi connectivity index (χ3v) is 4.41. The van der Waals surface area contributed by atoms with Gasteiger partial charge in [-0.15, -0.1) is 0 Å². The number of rotatable bonds is 5. The largest absolute Gasteiger partial charge is 0.355 e. The average molecular weight is 352 g/mol. The molecule has 1 heterocycles. The van der Waals surface area contributed by atoms with E-state index in [2.05, 4.69) is 55.2 Å². The summed E-state index contributed by atoms with van der Waals surface area (Å²) in [5.74, 6) is 0.523. The molecule has 7 heteroatoms. The number of aliphatic imine (C=N–C) groups is 1. The zero-order valence-electron chi connectivity index (χ0n) is 14.9. The Morgan fingerprint density at radius 3 is 2.77 bits per heavy atom. The normalized spacial score (nSPS) is 16.5. The lowest BCUT2D eigenvalue weighted by Crippen LogP contribution is -2.47. The first-order valence-electron chi connectivity index (χ1n) is 8.84. The number of aromatic nitrogens is 2. The summed E-state index contributed by atoms with van der Waals surface area (Å²) in [5, 5.41) is 9.51. The maximum absolute atomic E-state index is 11.9. The lowest BCUT2D eigenvalue weighted by Gasteiger charge is -2.27. The first kappa shape index (κ1) is 17.8. The zero-order valence-corrected chi connectivity index (χ0v) is 14.9. The first-order valence-corrected chi connectivity index (χ1v) is 8.84. The SMILES string of the molecule is CN=C(NCCNC(=O)c1cnccn1)NC1CCc2ccccc2C1. The summed E-state index contributed by atoms with van der Waals surface area (Å²) in [4.78, 5) is 24.0. The number of hydrogen-bond donors (Lipinski definition) is 3. The number of nitrogens with one attached hydrogen (secondary N) is 3. The Bertz CT molecular complexity index is 762. The van der Waals surface area contributed by atoms with E-state index in [4.69, 9.17) is 0 Å². The molecule has 1 atom stereocenters. The van der Waals surface area contributed by atoms with Gasteiger partial charge >= 0.3 is 0 Å². The van der Waals surface area contributed by atoms with Crippen molar-refractivity contribution >= 4 is 11.9 Å². The van der Waals surface area contributed by atoms with Crippen molar-refractivity contribution in [2.75, 3.05) is 20.1 Å².